The molecule has 0 aliphatic carbocycles. The summed E-state index contributed by atoms with van der Waals surface area (Å²) >= 11 is 0. The molecule has 3 aromatic carbocycles. The van der Waals surface area contributed by atoms with Crippen LogP contribution in [0.4, 0.5) is 0 Å². The number of amides is 1. The molecule has 2 heterocycles. The number of ketones is 1. The molecule has 1 saturated heterocycles. The number of carbonyl (C=O) groups excluding carboxylic acids is 2. The molecule has 0 unspecified atom stereocenters. The Bertz CT molecular complexity index is 1240. The van der Waals surface area contributed by atoms with E-state index in [0.717, 1.165) is 32.5 Å². The Morgan fingerprint density at radius 2 is 1.71 bits per heavy atom. The Morgan fingerprint density at radius 1 is 1.00 bits per heavy atom. The number of nitrogens with one attached hydrogen (secondary N) is 1. The zero-order valence-corrected chi connectivity index (χ0v) is 19.4. The number of Topliss-reactive ketones (excluding diaryl/α,β-unsaturated/α-hetero) is 1. The number of likely N-dealkylation sites (tertiary alicyclic amines) is 1. The molecular weight excluding hydrogens is 440 g/mol. The Kier molecular flexibility index (Phi) is 6.49. The monoisotopic (exact) mass is 468 g/mol. The number of piperidine rings is 1. The highest BCUT2D eigenvalue weighted by Crippen LogP contribution is 2.40. The second kappa shape index (κ2) is 9.86. The fraction of sp³-hybridized carbons (Fsp3) is 0.241. The number of nitrogens with zero attached hydrogens (tertiary/aromatic N) is 1. The fourth-order valence-electron chi connectivity index (χ4n) is 4.91. The topological polar surface area (TPSA) is 78.9 Å². The first-order valence-electron chi connectivity index (χ1n) is 11.9. The first-order chi connectivity index (χ1) is 17.0. The number of rotatable bonds is 5. The van der Waals surface area contributed by atoms with Crippen molar-refractivity contribution in [1.29, 1.82) is 0 Å². The van der Waals surface area contributed by atoms with Gasteiger partial charge in [0.25, 0.3) is 5.91 Å². The summed E-state index contributed by atoms with van der Waals surface area (Å²) in [5.74, 6) is 0.0520. The predicted octanol–water partition coefficient (Wildman–Crippen LogP) is 4.87. The van der Waals surface area contributed by atoms with E-state index in [0.29, 0.717) is 23.3 Å². The molecule has 0 atom stereocenters. The molecule has 6 heteroatoms. The molecule has 1 fully saturated rings. The Hall–Kier alpha value is -3.74. The molecule has 0 bridgehead atoms. The van der Waals surface area contributed by atoms with Gasteiger partial charge >= 0.3 is 0 Å². The molecule has 0 radical (unpaired) electrons. The highest BCUT2D eigenvalue weighted by molar-refractivity contribution is 6.01. The van der Waals surface area contributed by atoms with Crippen LogP contribution in [0.1, 0.15) is 40.7 Å². The minimum atomic E-state index is -0.622. The van der Waals surface area contributed by atoms with E-state index >= 15 is 0 Å². The Balaban J connectivity index is 1.20. The van der Waals surface area contributed by atoms with Gasteiger partial charge in [-0.3, -0.25) is 19.7 Å². The van der Waals surface area contributed by atoms with E-state index in [1.54, 1.807) is 29.8 Å². The lowest BCUT2D eigenvalue weighted by molar-refractivity contribution is -0.124. The summed E-state index contributed by atoms with van der Waals surface area (Å²) < 4.78 is 6.40. The fourth-order valence-corrected chi connectivity index (χ4v) is 4.91. The third-order valence-corrected chi connectivity index (χ3v) is 6.89. The van der Waals surface area contributed by atoms with Crippen molar-refractivity contribution in [2.24, 2.45) is 0 Å². The van der Waals surface area contributed by atoms with Crippen LogP contribution in [0.5, 0.6) is 5.75 Å². The van der Waals surface area contributed by atoms with Gasteiger partial charge in [0.15, 0.2) is 5.78 Å². The quantitative estimate of drug-likeness (QED) is 0.317. The summed E-state index contributed by atoms with van der Waals surface area (Å²) in [7, 11) is 0. The molecule has 3 aromatic rings. The number of hydrogen-bond acceptors (Lipinski definition) is 5. The van der Waals surface area contributed by atoms with Gasteiger partial charge < -0.3 is 4.74 Å². The largest absolute Gasteiger partial charge is 0.486 e. The van der Waals surface area contributed by atoms with Crippen molar-refractivity contribution in [3.05, 3.63) is 95.6 Å². The zero-order chi connectivity index (χ0) is 24.3. The van der Waals surface area contributed by atoms with Gasteiger partial charge in [-0.1, -0.05) is 60.7 Å². The number of hydroxylamine groups is 1. The minimum Gasteiger partial charge on any atom is -0.486 e. The van der Waals surface area contributed by atoms with Crippen LogP contribution in [0.3, 0.4) is 0 Å². The van der Waals surface area contributed by atoms with Gasteiger partial charge in [-0.15, -0.1) is 0 Å². The van der Waals surface area contributed by atoms with Crippen LogP contribution >= 0.6 is 0 Å². The molecule has 35 heavy (non-hydrogen) atoms. The second-order valence-corrected chi connectivity index (χ2v) is 9.29. The van der Waals surface area contributed by atoms with Gasteiger partial charge in [-0.05, 0) is 40.5 Å². The van der Waals surface area contributed by atoms with E-state index in [-0.39, 0.29) is 5.78 Å². The van der Waals surface area contributed by atoms with Crippen molar-refractivity contribution in [2.45, 2.75) is 31.4 Å². The summed E-state index contributed by atoms with van der Waals surface area (Å²) in [4.78, 5) is 26.6. The van der Waals surface area contributed by atoms with E-state index in [1.165, 1.54) is 22.8 Å². The van der Waals surface area contributed by atoms with Crippen LogP contribution in [-0.4, -0.2) is 40.5 Å². The highest BCUT2D eigenvalue weighted by Gasteiger charge is 2.42. The number of hydrogen-bond donors (Lipinski definition) is 2. The molecule has 0 saturated carbocycles. The SMILES string of the molecule is O=C(C=Cc1ccc2c(c1)C(=O)CC1(CCN(Cc3ccc(-c4ccccc4)cc3)CC1)O2)NO. The first kappa shape index (κ1) is 23.0. The van der Waals surface area contributed by atoms with Crippen LogP contribution in [-0.2, 0) is 11.3 Å². The van der Waals surface area contributed by atoms with E-state index in [2.05, 4.69) is 53.4 Å². The van der Waals surface area contributed by atoms with Crippen molar-refractivity contribution in [2.75, 3.05) is 13.1 Å². The molecule has 6 nitrogen and oxygen atoms in total. The standard InChI is InChI=1S/C29H28N2O4/c32-26-19-29(35-27-12-8-21(18-25(26)27)9-13-28(33)30-34)14-16-31(17-15-29)20-22-6-10-24(11-7-22)23-4-2-1-3-5-23/h1-13,18,34H,14-17,19-20H2,(H,30,33). The number of benzene rings is 3. The molecule has 2 aliphatic rings. The third kappa shape index (κ3) is 5.19. The molecule has 2 N–H and O–H groups in total. The lowest BCUT2D eigenvalue weighted by Crippen LogP contribution is -2.50. The lowest BCUT2D eigenvalue weighted by atomic mass is 9.82. The van der Waals surface area contributed by atoms with Crippen LogP contribution < -0.4 is 10.2 Å². The maximum atomic E-state index is 13.0. The van der Waals surface area contributed by atoms with Gasteiger partial charge in [-0.25, -0.2) is 5.48 Å². The van der Waals surface area contributed by atoms with Crippen molar-refractivity contribution >= 4 is 17.8 Å². The zero-order valence-electron chi connectivity index (χ0n) is 19.4. The number of carbonyl (C=O) groups is 2. The van der Waals surface area contributed by atoms with Gasteiger partial charge in [0.05, 0.1) is 12.0 Å². The van der Waals surface area contributed by atoms with Crippen LogP contribution in [0.25, 0.3) is 17.2 Å². The van der Waals surface area contributed by atoms with E-state index in [4.69, 9.17) is 9.94 Å². The summed E-state index contributed by atoms with van der Waals surface area (Å²) in [6, 6.07) is 24.5. The molecule has 5 rings (SSSR count). The van der Waals surface area contributed by atoms with Crippen molar-refractivity contribution < 1.29 is 19.5 Å². The minimum absolute atomic E-state index is 0.0676. The number of fused-ring (bicyclic) bond motifs is 1. The smallest absolute Gasteiger partial charge is 0.267 e. The van der Waals surface area contributed by atoms with Crippen molar-refractivity contribution in [3.63, 3.8) is 0 Å². The summed E-state index contributed by atoms with van der Waals surface area (Å²) in [5.41, 5.74) is 6.06. The average Bonchev–Trinajstić information content (AvgIpc) is 2.90. The van der Waals surface area contributed by atoms with E-state index in [1.807, 2.05) is 6.07 Å². The van der Waals surface area contributed by atoms with Gasteiger partial charge in [0.1, 0.15) is 11.4 Å². The Morgan fingerprint density at radius 3 is 2.43 bits per heavy atom. The third-order valence-electron chi connectivity index (χ3n) is 6.89. The van der Waals surface area contributed by atoms with Crippen LogP contribution in [0, 0.1) is 0 Å². The normalized spacial score (nSPS) is 17.2. The molecule has 2 aliphatic heterocycles. The summed E-state index contributed by atoms with van der Waals surface area (Å²) in [6.07, 6.45) is 4.73. The average molecular weight is 469 g/mol. The number of ether oxygens (including phenoxy) is 1. The van der Waals surface area contributed by atoms with Gasteiger partial charge in [-0.2, -0.15) is 0 Å². The first-order valence-corrected chi connectivity index (χ1v) is 11.9. The van der Waals surface area contributed by atoms with Crippen LogP contribution in [0.2, 0.25) is 0 Å². The maximum absolute atomic E-state index is 13.0. The molecule has 0 aromatic heterocycles. The second-order valence-electron chi connectivity index (χ2n) is 9.29. The summed E-state index contributed by atoms with van der Waals surface area (Å²) in [5, 5.41) is 8.61. The van der Waals surface area contributed by atoms with E-state index in [9.17, 15) is 9.59 Å². The Labute approximate surface area is 204 Å². The van der Waals surface area contributed by atoms with Crippen LogP contribution in [0.15, 0.2) is 78.9 Å². The van der Waals surface area contributed by atoms with Gasteiger partial charge in [0.2, 0.25) is 0 Å². The molecule has 1 amide bonds. The van der Waals surface area contributed by atoms with Crippen molar-refractivity contribution in [3.8, 4) is 16.9 Å². The van der Waals surface area contributed by atoms with E-state index < -0.39 is 11.5 Å². The van der Waals surface area contributed by atoms with Crippen molar-refractivity contribution in [1.82, 2.24) is 10.4 Å². The molecule has 1 spiro atoms. The predicted molar refractivity (Wildman–Crippen MR) is 134 cm³/mol. The lowest BCUT2D eigenvalue weighted by Gasteiger charge is -2.44. The van der Waals surface area contributed by atoms with Gasteiger partial charge in [0, 0.05) is 38.6 Å². The molecule has 178 valence electrons. The highest BCUT2D eigenvalue weighted by atomic mass is 16.5. The molecular formula is C29H28N2O4. The maximum Gasteiger partial charge on any atom is 0.267 e. The summed E-state index contributed by atoms with van der Waals surface area (Å²) in [6.45, 7) is 2.63.